The first kappa shape index (κ1) is 34.1. The molecule has 0 fully saturated rings. The molecule has 0 unspecified atom stereocenters. The summed E-state index contributed by atoms with van der Waals surface area (Å²) in [6.07, 6.45) is 1.87. The van der Waals surface area contributed by atoms with Gasteiger partial charge in [-0.1, -0.05) is 52.0 Å². The van der Waals surface area contributed by atoms with E-state index >= 15 is 0 Å². The summed E-state index contributed by atoms with van der Waals surface area (Å²) in [5.41, 5.74) is 15.8. The van der Waals surface area contributed by atoms with Crippen molar-refractivity contribution in [1.29, 1.82) is 0 Å². The van der Waals surface area contributed by atoms with Crippen molar-refractivity contribution in [3.8, 4) is 34.1 Å². The van der Waals surface area contributed by atoms with Crippen molar-refractivity contribution in [3.05, 3.63) is 124 Å². The highest BCUT2D eigenvalue weighted by Crippen LogP contribution is 2.45. The fourth-order valence-corrected chi connectivity index (χ4v) is 7.90. The number of para-hydroxylation sites is 1. The minimum absolute atomic E-state index is 0.233. The SMILES string of the molecule is Cc1ccnc(-n2c3ccccc3c3ccc(Oc4cccc(-n5nc(C(C)C)c(-c6c(C)c(C)c(N(C)C)c(C)c6C)c5C(C)C)c4)cc32)c1. The quantitative estimate of drug-likeness (QED) is 0.161. The van der Waals surface area contributed by atoms with E-state index in [1.807, 2.05) is 18.3 Å². The molecule has 260 valence electrons. The molecular formula is C45H49N5O. The maximum absolute atomic E-state index is 6.65. The fraction of sp³-hybridized carbons (Fsp3) is 0.289. The molecule has 0 saturated heterocycles. The van der Waals surface area contributed by atoms with Crippen LogP contribution >= 0.6 is 0 Å². The Morgan fingerprint density at radius 3 is 2.00 bits per heavy atom. The molecule has 6 nitrogen and oxygen atoms in total. The highest BCUT2D eigenvalue weighted by atomic mass is 16.5. The van der Waals surface area contributed by atoms with Crippen molar-refractivity contribution in [2.45, 2.75) is 74.1 Å². The van der Waals surface area contributed by atoms with Gasteiger partial charge in [-0.15, -0.1) is 0 Å². The number of benzene rings is 4. The van der Waals surface area contributed by atoms with Crippen LogP contribution in [-0.2, 0) is 0 Å². The molecule has 3 aromatic heterocycles. The number of ether oxygens (including phenoxy) is 1. The first-order valence-electron chi connectivity index (χ1n) is 18.0. The van der Waals surface area contributed by atoms with E-state index in [-0.39, 0.29) is 11.8 Å². The number of aromatic nitrogens is 4. The lowest BCUT2D eigenvalue weighted by Gasteiger charge is -2.26. The van der Waals surface area contributed by atoms with Gasteiger partial charge in [0, 0.05) is 54.4 Å². The third kappa shape index (κ3) is 5.77. The second-order valence-corrected chi connectivity index (χ2v) is 14.8. The summed E-state index contributed by atoms with van der Waals surface area (Å²) >= 11 is 0. The number of fused-ring (bicyclic) bond motifs is 3. The standard InChI is InChI=1S/C45H49N5O/c1-26(2)43-42(41-29(6)31(8)45(48(10)11)32(9)30(41)7)44(27(3)4)50(47-43)33-15-14-16-34(24-33)51-35-19-20-37-36-17-12-13-18-38(36)49(39(37)25-35)40-23-28(5)21-22-46-40/h12-27H,1-11H3. The van der Waals surface area contributed by atoms with Gasteiger partial charge in [0.1, 0.15) is 17.3 Å². The molecule has 7 rings (SSSR count). The van der Waals surface area contributed by atoms with Gasteiger partial charge in [-0.05, 0) is 122 Å². The minimum Gasteiger partial charge on any atom is -0.457 e. The van der Waals surface area contributed by atoms with Gasteiger partial charge in [-0.2, -0.15) is 5.10 Å². The number of aryl methyl sites for hydroxylation is 1. The summed E-state index contributed by atoms with van der Waals surface area (Å²) in [7, 11) is 4.28. The molecule has 7 aromatic rings. The second-order valence-electron chi connectivity index (χ2n) is 14.8. The van der Waals surface area contributed by atoms with Crippen LogP contribution in [0.3, 0.4) is 0 Å². The second kappa shape index (κ2) is 13.1. The van der Waals surface area contributed by atoms with Crippen LogP contribution in [0.15, 0.2) is 85.1 Å². The van der Waals surface area contributed by atoms with E-state index in [1.165, 1.54) is 55.7 Å². The minimum atomic E-state index is 0.233. The Hall–Kier alpha value is -5.36. The molecule has 51 heavy (non-hydrogen) atoms. The van der Waals surface area contributed by atoms with Gasteiger partial charge in [0.25, 0.3) is 0 Å². The van der Waals surface area contributed by atoms with Gasteiger partial charge in [0.2, 0.25) is 0 Å². The zero-order valence-corrected chi connectivity index (χ0v) is 31.9. The topological polar surface area (TPSA) is 48.1 Å². The Labute approximate surface area is 302 Å². The molecule has 6 heteroatoms. The fourth-order valence-electron chi connectivity index (χ4n) is 7.90. The molecule has 3 heterocycles. The highest BCUT2D eigenvalue weighted by Gasteiger charge is 2.28. The molecule has 0 aliphatic carbocycles. The summed E-state index contributed by atoms with van der Waals surface area (Å²) in [4.78, 5) is 6.99. The van der Waals surface area contributed by atoms with Crippen LogP contribution in [0.4, 0.5) is 5.69 Å². The Balaban J connectivity index is 1.35. The summed E-state index contributed by atoms with van der Waals surface area (Å²) < 4.78 is 11.0. The molecule has 0 N–H and O–H groups in total. The average Bonchev–Trinajstić information content (AvgIpc) is 3.64. The van der Waals surface area contributed by atoms with E-state index in [4.69, 9.17) is 14.8 Å². The van der Waals surface area contributed by atoms with Gasteiger partial charge in [0.15, 0.2) is 0 Å². The van der Waals surface area contributed by atoms with E-state index in [0.29, 0.717) is 0 Å². The van der Waals surface area contributed by atoms with Crippen LogP contribution in [0.5, 0.6) is 11.5 Å². The third-order valence-electron chi connectivity index (χ3n) is 10.4. The van der Waals surface area contributed by atoms with Crippen molar-refractivity contribution < 1.29 is 4.74 Å². The van der Waals surface area contributed by atoms with Crippen molar-refractivity contribution >= 4 is 27.5 Å². The number of hydrogen-bond donors (Lipinski definition) is 0. The van der Waals surface area contributed by atoms with E-state index in [1.54, 1.807) is 0 Å². The molecule has 0 bridgehead atoms. The zero-order chi connectivity index (χ0) is 36.3. The lowest BCUT2D eigenvalue weighted by molar-refractivity contribution is 0.482. The summed E-state index contributed by atoms with van der Waals surface area (Å²) in [6.45, 7) is 20.2. The predicted molar refractivity (Wildman–Crippen MR) is 214 cm³/mol. The molecule has 0 atom stereocenters. The number of hydrogen-bond acceptors (Lipinski definition) is 4. The van der Waals surface area contributed by atoms with Gasteiger partial charge >= 0.3 is 0 Å². The van der Waals surface area contributed by atoms with Crippen LogP contribution in [0.2, 0.25) is 0 Å². The maximum Gasteiger partial charge on any atom is 0.137 e. The third-order valence-corrected chi connectivity index (χ3v) is 10.4. The Morgan fingerprint density at radius 2 is 1.33 bits per heavy atom. The van der Waals surface area contributed by atoms with Gasteiger partial charge < -0.3 is 9.64 Å². The normalized spacial score (nSPS) is 11.8. The van der Waals surface area contributed by atoms with Gasteiger partial charge in [-0.3, -0.25) is 4.57 Å². The molecule has 4 aromatic carbocycles. The molecule has 0 saturated carbocycles. The van der Waals surface area contributed by atoms with E-state index in [9.17, 15) is 0 Å². The lowest BCUT2D eigenvalue weighted by atomic mass is 9.84. The summed E-state index contributed by atoms with van der Waals surface area (Å²) in [5, 5.41) is 7.73. The number of anilines is 1. The maximum atomic E-state index is 6.65. The lowest BCUT2D eigenvalue weighted by Crippen LogP contribution is -2.15. The largest absolute Gasteiger partial charge is 0.457 e. The van der Waals surface area contributed by atoms with Gasteiger partial charge in [-0.25, -0.2) is 9.67 Å². The number of rotatable bonds is 8. The van der Waals surface area contributed by atoms with Crippen LogP contribution in [-0.4, -0.2) is 33.4 Å². The van der Waals surface area contributed by atoms with Crippen molar-refractivity contribution in [1.82, 2.24) is 19.3 Å². The summed E-state index contributed by atoms with van der Waals surface area (Å²) in [6, 6.07) is 27.3. The predicted octanol–water partition coefficient (Wildman–Crippen LogP) is 11.7. The van der Waals surface area contributed by atoms with Crippen LogP contribution < -0.4 is 9.64 Å². The van der Waals surface area contributed by atoms with E-state index in [0.717, 1.165) is 45.1 Å². The first-order chi connectivity index (χ1) is 24.4. The smallest absolute Gasteiger partial charge is 0.137 e. The summed E-state index contributed by atoms with van der Waals surface area (Å²) in [5.74, 6) is 2.90. The van der Waals surface area contributed by atoms with Gasteiger partial charge in [0.05, 0.1) is 28.1 Å². The molecule has 0 amide bonds. The molecule has 0 aliphatic rings. The Morgan fingerprint density at radius 1 is 0.647 bits per heavy atom. The Kier molecular flexibility index (Phi) is 8.74. The number of pyridine rings is 1. The van der Waals surface area contributed by atoms with Crippen molar-refractivity contribution in [2.75, 3.05) is 19.0 Å². The number of nitrogens with zero attached hydrogens (tertiary/aromatic N) is 5. The Bertz CT molecular complexity index is 2410. The van der Waals surface area contributed by atoms with Crippen LogP contribution in [0.25, 0.3) is 44.4 Å². The molecular weight excluding hydrogens is 627 g/mol. The average molecular weight is 676 g/mol. The first-order valence-corrected chi connectivity index (χ1v) is 18.0. The van der Waals surface area contributed by atoms with Crippen molar-refractivity contribution in [3.63, 3.8) is 0 Å². The van der Waals surface area contributed by atoms with E-state index < -0.39 is 0 Å². The zero-order valence-electron chi connectivity index (χ0n) is 31.9. The molecule has 0 aliphatic heterocycles. The van der Waals surface area contributed by atoms with Crippen LogP contribution in [0, 0.1) is 34.6 Å². The van der Waals surface area contributed by atoms with Crippen LogP contribution in [0.1, 0.15) is 78.7 Å². The van der Waals surface area contributed by atoms with Crippen molar-refractivity contribution in [2.24, 2.45) is 0 Å². The molecule has 0 spiro atoms. The molecule has 0 radical (unpaired) electrons. The van der Waals surface area contributed by atoms with E-state index in [2.05, 4.69) is 157 Å². The monoisotopic (exact) mass is 675 g/mol. The highest BCUT2D eigenvalue weighted by molar-refractivity contribution is 6.09.